The Labute approximate surface area is 139 Å². The van der Waals surface area contributed by atoms with Gasteiger partial charge in [0.25, 0.3) is 0 Å². The highest BCUT2D eigenvalue weighted by Gasteiger charge is 2.28. The molecule has 1 atom stereocenters. The molecule has 0 radical (unpaired) electrons. The van der Waals surface area contributed by atoms with Gasteiger partial charge in [-0.05, 0) is 43.7 Å². The van der Waals surface area contributed by atoms with Crippen LogP contribution in [0.3, 0.4) is 0 Å². The van der Waals surface area contributed by atoms with Crippen LogP contribution in [0.5, 0.6) is 0 Å². The zero-order chi connectivity index (χ0) is 16.5. The SMILES string of the molecule is Cn1cc([C@@H]2CCCN2Cc2ncc(-c3ccc(F)cc3)o2)cn1. The van der Waals surface area contributed by atoms with Gasteiger partial charge in [-0.15, -0.1) is 0 Å². The van der Waals surface area contributed by atoms with Crippen molar-refractivity contribution < 1.29 is 8.81 Å². The van der Waals surface area contributed by atoms with Gasteiger partial charge in [-0.3, -0.25) is 9.58 Å². The van der Waals surface area contributed by atoms with Crippen LogP contribution >= 0.6 is 0 Å². The molecule has 5 nitrogen and oxygen atoms in total. The van der Waals surface area contributed by atoms with Gasteiger partial charge in [0.1, 0.15) is 5.82 Å². The Kier molecular flexibility index (Phi) is 3.90. The molecule has 2 aromatic heterocycles. The van der Waals surface area contributed by atoms with E-state index < -0.39 is 0 Å². The van der Waals surface area contributed by atoms with Gasteiger partial charge >= 0.3 is 0 Å². The van der Waals surface area contributed by atoms with Crippen LogP contribution in [-0.2, 0) is 13.6 Å². The third-order valence-electron chi connectivity index (χ3n) is 4.49. The molecule has 0 N–H and O–H groups in total. The highest BCUT2D eigenvalue weighted by atomic mass is 19.1. The lowest BCUT2D eigenvalue weighted by Crippen LogP contribution is -2.22. The van der Waals surface area contributed by atoms with E-state index in [0.717, 1.165) is 24.9 Å². The Bertz CT molecular complexity index is 824. The van der Waals surface area contributed by atoms with Crippen LogP contribution in [0.25, 0.3) is 11.3 Å². The maximum atomic E-state index is 13.0. The molecule has 24 heavy (non-hydrogen) atoms. The lowest BCUT2D eigenvalue weighted by molar-refractivity contribution is 0.224. The molecule has 1 aliphatic rings. The fourth-order valence-electron chi connectivity index (χ4n) is 3.31. The zero-order valence-corrected chi connectivity index (χ0v) is 13.5. The number of oxazole rings is 1. The molecule has 1 aromatic carbocycles. The molecular formula is C18H19FN4O. The number of nitrogens with zero attached hydrogens (tertiary/aromatic N) is 4. The molecule has 0 aliphatic carbocycles. The van der Waals surface area contributed by atoms with Crippen LogP contribution in [-0.4, -0.2) is 26.2 Å². The molecule has 6 heteroatoms. The van der Waals surface area contributed by atoms with Crippen LogP contribution < -0.4 is 0 Å². The van der Waals surface area contributed by atoms with E-state index in [2.05, 4.69) is 21.2 Å². The Morgan fingerprint density at radius 3 is 2.83 bits per heavy atom. The minimum absolute atomic E-state index is 0.255. The van der Waals surface area contributed by atoms with Crippen molar-refractivity contribution in [2.45, 2.75) is 25.4 Å². The molecule has 4 rings (SSSR count). The van der Waals surface area contributed by atoms with Gasteiger partial charge in [0.15, 0.2) is 5.76 Å². The Hall–Kier alpha value is -2.47. The van der Waals surface area contributed by atoms with Crippen LogP contribution in [0, 0.1) is 5.82 Å². The molecule has 124 valence electrons. The lowest BCUT2D eigenvalue weighted by atomic mass is 10.1. The first-order chi connectivity index (χ1) is 11.7. The Balaban J connectivity index is 1.50. The van der Waals surface area contributed by atoms with Crippen molar-refractivity contribution in [3.8, 4) is 11.3 Å². The first-order valence-corrected chi connectivity index (χ1v) is 8.12. The van der Waals surface area contributed by atoms with E-state index in [1.807, 2.05) is 17.9 Å². The molecule has 0 unspecified atom stereocenters. The zero-order valence-electron chi connectivity index (χ0n) is 13.5. The molecule has 0 spiro atoms. The average Bonchev–Trinajstić information content (AvgIpc) is 3.30. The smallest absolute Gasteiger partial charge is 0.209 e. The van der Waals surface area contributed by atoms with E-state index in [-0.39, 0.29) is 5.82 Å². The van der Waals surface area contributed by atoms with E-state index in [9.17, 15) is 4.39 Å². The van der Waals surface area contributed by atoms with Crippen molar-refractivity contribution in [1.29, 1.82) is 0 Å². The molecule has 3 heterocycles. The normalized spacial score (nSPS) is 18.3. The molecule has 0 amide bonds. The van der Waals surface area contributed by atoms with Gasteiger partial charge in [-0.25, -0.2) is 9.37 Å². The molecule has 1 saturated heterocycles. The van der Waals surface area contributed by atoms with E-state index in [0.29, 0.717) is 24.2 Å². The number of hydrogen-bond donors (Lipinski definition) is 0. The second-order valence-corrected chi connectivity index (χ2v) is 6.20. The van der Waals surface area contributed by atoms with Crippen LogP contribution in [0.15, 0.2) is 47.3 Å². The van der Waals surface area contributed by atoms with Crippen molar-refractivity contribution in [1.82, 2.24) is 19.7 Å². The molecule has 3 aromatic rings. The quantitative estimate of drug-likeness (QED) is 0.735. The number of benzene rings is 1. The van der Waals surface area contributed by atoms with Crippen LogP contribution in [0.2, 0.25) is 0 Å². The van der Waals surface area contributed by atoms with Crippen molar-refractivity contribution in [2.75, 3.05) is 6.54 Å². The number of aromatic nitrogens is 3. The van der Waals surface area contributed by atoms with Gasteiger partial charge in [-0.2, -0.15) is 5.10 Å². The molecule has 1 aliphatic heterocycles. The van der Waals surface area contributed by atoms with Gasteiger partial charge in [0, 0.05) is 30.4 Å². The monoisotopic (exact) mass is 326 g/mol. The second-order valence-electron chi connectivity index (χ2n) is 6.20. The van der Waals surface area contributed by atoms with E-state index in [1.165, 1.54) is 17.7 Å². The van der Waals surface area contributed by atoms with Crippen molar-refractivity contribution >= 4 is 0 Å². The average molecular weight is 326 g/mol. The number of hydrogen-bond acceptors (Lipinski definition) is 4. The predicted octanol–water partition coefficient (Wildman–Crippen LogP) is 3.55. The minimum Gasteiger partial charge on any atom is -0.439 e. The first-order valence-electron chi connectivity index (χ1n) is 8.12. The van der Waals surface area contributed by atoms with Crippen LogP contribution in [0.4, 0.5) is 4.39 Å². The molecule has 1 fully saturated rings. The highest BCUT2D eigenvalue weighted by molar-refractivity contribution is 5.55. The van der Waals surface area contributed by atoms with Crippen molar-refractivity contribution in [3.05, 3.63) is 60.1 Å². The number of likely N-dealkylation sites (tertiary alicyclic amines) is 1. The summed E-state index contributed by atoms with van der Waals surface area (Å²) < 4.78 is 20.7. The standard InChI is InChI=1S/C18H19FN4O/c1-22-11-14(9-21-22)16-3-2-8-23(16)12-18-20-10-17(24-18)13-4-6-15(19)7-5-13/h4-7,9-11,16H,2-3,8,12H2,1H3/t16-/m0/s1. The van der Waals surface area contributed by atoms with Gasteiger partial charge < -0.3 is 4.42 Å². The predicted molar refractivity (Wildman–Crippen MR) is 87.5 cm³/mol. The van der Waals surface area contributed by atoms with E-state index in [4.69, 9.17) is 4.42 Å². The molecule has 0 saturated carbocycles. The summed E-state index contributed by atoms with van der Waals surface area (Å²) in [6, 6.07) is 6.62. The largest absolute Gasteiger partial charge is 0.439 e. The maximum absolute atomic E-state index is 13.0. The van der Waals surface area contributed by atoms with Crippen molar-refractivity contribution in [2.24, 2.45) is 7.05 Å². The van der Waals surface area contributed by atoms with Crippen LogP contribution in [0.1, 0.15) is 30.3 Å². The summed E-state index contributed by atoms with van der Waals surface area (Å²) in [7, 11) is 1.94. The third kappa shape index (κ3) is 2.97. The summed E-state index contributed by atoms with van der Waals surface area (Å²) in [5.74, 6) is 1.10. The summed E-state index contributed by atoms with van der Waals surface area (Å²) in [5, 5.41) is 4.27. The summed E-state index contributed by atoms with van der Waals surface area (Å²) in [6.07, 6.45) is 7.99. The third-order valence-corrected chi connectivity index (χ3v) is 4.49. The second kappa shape index (κ2) is 6.20. The topological polar surface area (TPSA) is 47.1 Å². The highest BCUT2D eigenvalue weighted by Crippen LogP contribution is 2.33. The molecular weight excluding hydrogens is 307 g/mol. The number of rotatable bonds is 4. The van der Waals surface area contributed by atoms with E-state index >= 15 is 0 Å². The fourth-order valence-corrected chi connectivity index (χ4v) is 3.31. The Morgan fingerprint density at radius 2 is 2.08 bits per heavy atom. The fraction of sp³-hybridized carbons (Fsp3) is 0.333. The minimum atomic E-state index is -0.255. The number of aryl methyl sites for hydroxylation is 1. The number of halogens is 1. The van der Waals surface area contributed by atoms with E-state index in [1.54, 1.807) is 18.3 Å². The molecule has 0 bridgehead atoms. The summed E-state index contributed by atoms with van der Waals surface area (Å²) in [6.45, 7) is 1.69. The van der Waals surface area contributed by atoms with Crippen molar-refractivity contribution in [3.63, 3.8) is 0 Å². The van der Waals surface area contributed by atoms with Gasteiger partial charge in [0.05, 0.1) is 18.9 Å². The summed E-state index contributed by atoms with van der Waals surface area (Å²) in [4.78, 5) is 6.76. The first kappa shape index (κ1) is 15.1. The van der Waals surface area contributed by atoms with Gasteiger partial charge in [0.2, 0.25) is 5.89 Å². The Morgan fingerprint density at radius 1 is 1.25 bits per heavy atom. The lowest BCUT2D eigenvalue weighted by Gasteiger charge is -2.21. The maximum Gasteiger partial charge on any atom is 0.209 e. The van der Waals surface area contributed by atoms with Gasteiger partial charge in [-0.1, -0.05) is 0 Å². The summed E-state index contributed by atoms with van der Waals surface area (Å²) in [5.41, 5.74) is 2.07. The summed E-state index contributed by atoms with van der Waals surface area (Å²) >= 11 is 0.